The van der Waals surface area contributed by atoms with E-state index in [4.69, 9.17) is 22.1 Å². The number of rotatable bonds is 6. The fourth-order valence-electron chi connectivity index (χ4n) is 2.54. The summed E-state index contributed by atoms with van der Waals surface area (Å²) in [5.41, 5.74) is 2.27. The highest BCUT2D eigenvalue weighted by Gasteiger charge is 2.22. The Morgan fingerprint density at radius 1 is 1.30 bits per heavy atom. The van der Waals surface area contributed by atoms with Crippen LogP contribution < -0.4 is 15.8 Å². The van der Waals surface area contributed by atoms with Gasteiger partial charge in [0.25, 0.3) is 0 Å². The molecule has 0 saturated carbocycles. The molecule has 0 bridgehead atoms. The highest BCUT2D eigenvalue weighted by molar-refractivity contribution is 7.89. The molecular formula is C17H21N3O4S3. The molecular weight excluding hydrogens is 406 g/mol. The molecule has 1 aromatic carbocycles. The van der Waals surface area contributed by atoms with E-state index < -0.39 is 16.0 Å². The maximum Gasteiger partial charge on any atom is 0.341 e. The van der Waals surface area contributed by atoms with Crippen molar-refractivity contribution in [2.75, 3.05) is 12.4 Å². The number of esters is 1. The summed E-state index contributed by atoms with van der Waals surface area (Å²) in [5.74, 6) is -0.403. The Hall–Kier alpha value is -2.01. The molecule has 0 radical (unpaired) electrons. The van der Waals surface area contributed by atoms with Crippen molar-refractivity contribution in [1.29, 1.82) is 0 Å². The number of hydrogen-bond acceptors (Lipinski definition) is 6. The first-order valence-electron chi connectivity index (χ1n) is 8.04. The summed E-state index contributed by atoms with van der Waals surface area (Å²) < 4.78 is 27.4. The zero-order valence-electron chi connectivity index (χ0n) is 15.2. The normalized spacial score (nSPS) is 11.1. The lowest BCUT2D eigenvalue weighted by molar-refractivity contribution is 0.0601. The van der Waals surface area contributed by atoms with Gasteiger partial charge < -0.3 is 15.4 Å². The number of sulfonamides is 1. The van der Waals surface area contributed by atoms with E-state index in [1.807, 2.05) is 13.8 Å². The zero-order chi connectivity index (χ0) is 20.2. The van der Waals surface area contributed by atoms with E-state index in [9.17, 15) is 13.2 Å². The van der Waals surface area contributed by atoms with Crippen LogP contribution in [0.2, 0.25) is 0 Å². The van der Waals surface area contributed by atoms with Crippen LogP contribution in [-0.2, 0) is 27.7 Å². The van der Waals surface area contributed by atoms with Crippen molar-refractivity contribution in [3.05, 3.63) is 45.8 Å². The van der Waals surface area contributed by atoms with E-state index in [0.29, 0.717) is 28.6 Å². The van der Waals surface area contributed by atoms with E-state index in [1.165, 1.54) is 30.6 Å². The number of ether oxygens (including phenoxy) is 1. The molecule has 0 aliphatic heterocycles. The van der Waals surface area contributed by atoms with Gasteiger partial charge in [-0.2, -0.15) is 0 Å². The van der Waals surface area contributed by atoms with Crippen molar-refractivity contribution in [2.24, 2.45) is 5.14 Å². The van der Waals surface area contributed by atoms with Gasteiger partial charge in [-0.25, -0.2) is 18.4 Å². The molecule has 10 heteroatoms. The lowest BCUT2D eigenvalue weighted by Gasteiger charge is -2.11. The van der Waals surface area contributed by atoms with Crippen molar-refractivity contribution in [3.63, 3.8) is 0 Å². The molecule has 4 N–H and O–H groups in total. The highest BCUT2D eigenvalue weighted by Crippen LogP contribution is 2.33. The van der Waals surface area contributed by atoms with Gasteiger partial charge in [-0.05, 0) is 48.8 Å². The Labute approximate surface area is 168 Å². The van der Waals surface area contributed by atoms with Crippen LogP contribution in [0.15, 0.2) is 29.2 Å². The molecule has 0 saturated heterocycles. The lowest BCUT2D eigenvalue weighted by Crippen LogP contribution is -2.28. The Balaban J connectivity index is 2.07. The number of aryl methyl sites for hydroxylation is 1. The molecule has 0 aliphatic rings. The van der Waals surface area contributed by atoms with Crippen LogP contribution in [0.3, 0.4) is 0 Å². The second-order valence-electron chi connectivity index (χ2n) is 5.68. The summed E-state index contributed by atoms with van der Waals surface area (Å²) in [6, 6.07) is 6.18. The number of thiocarbonyl (C=S) groups is 1. The summed E-state index contributed by atoms with van der Waals surface area (Å²) >= 11 is 6.75. The first kappa shape index (κ1) is 21.3. The van der Waals surface area contributed by atoms with Gasteiger partial charge in [0.15, 0.2) is 5.11 Å². The molecule has 0 unspecified atom stereocenters. The Morgan fingerprint density at radius 3 is 2.44 bits per heavy atom. The maximum atomic E-state index is 12.1. The fraction of sp³-hybridized carbons (Fsp3) is 0.294. The topological polar surface area (TPSA) is 111 Å². The third-order valence-electron chi connectivity index (χ3n) is 3.88. The number of benzene rings is 1. The third-order valence-corrected chi connectivity index (χ3v) is 6.12. The van der Waals surface area contributed by atoms with Crippen LogP contribution in [0, 0.1) is 6.92 Å². The minimum absolute atomic E-state index is 0.0517. The minimum Gasteiger partial charge on any atom is -0.465 e. The Morgan fingerprint density at radius 2 is 1.93 bits per heavy atom. The summed E-state index contributed by atoms with van der Waals surface area (Å²) in [6.45, 7) is 4.31. The number of methoxy groups -OCH3 is 1. The molecule has 27 heavy (non-hydrogen) atoms. The first-order valence-corrected chi connectivity index (χ1v) is 10.8. The SMILES string of the molecule is CCc1c(C)sc(NC(=S)NCc2ccc(S(N)(=O)=O)cc2)c1C(=O)OC. The molecule has 0 fully saturated rings. The van der Waals surface area contributed by atoms with Crippen molar-refractivity contribution >= 4 is 49.7 Å². The average Bonchev–Trinajstić information content (AvgIpc) is 2.93. The number of primary sulfonamides is 1. The van der Waals surface area contributed by atoms with Crippen LogP contribution in [-0.4, -0.2) is 26.6 Å². The summed E-state index contributed by atoms with van der Waals surface area (Å²) in [7, 11) is -2.36. The van der Waals surface area contributed by atoms with Crippen LogP contribution in [0.4, 0.5) is 5.00 Å². The number of nitrogens with one attached hydrogen (secondary N) is 2. The summed E-state index contributed by atoms with van der Waals surface area (Å²) in [5, 5.41) is 12.1. The molecule has 2 rings (SSSR count). The number of hydrogen-bond donors (Lipinski definition) is 3. The van der Waals surface area contributed by atoms with Crippen LogP contribution in [0.1, 0.15) is 33.3 Å². The fourth-order valence-corrected chi connectivity index (χ4v) is 4.43. The molecule has 1 heterocycles. The predicted molar refractivity (Wildman–Crippen MR) is 111 cm³/mol. The standard InChI is InChI=1S/C17H21N3O4S3/c1-4-13-10(2)26-15(14(13)16(21)24-3)20-17(25)19-9-11-5-7-12(8-6-11)27(18,22)23/h5-8H,4,9H2,1-3H3,(H2,18,22,23)(H2,19,20,25). The quantitative estimate of drug-likeness (QED) is 0.480. The molecule has 0 aliphatic carbocycles. The lowest BCUT2D eigenvalue weighted by atomic mass is 10.1. The second-order valence-corrected chi connectivity index (χ2v) is 8.88. The van der Waals surface area contributed by atoms with E-state index in [1.54, 1.807) is 12.1 Å². The highest BCUT2D eigenvalue weighted by atomic mass is 32.2. The Bertz CT molecular complexity index is 951. The second kappa shape index (κ2) is 8.79. The van der Waals surface area contributed by atoms with Gasteiger partial charge in [0, 0.05) is 11.4 Å². The number of carbonyl (C=O) groups excluding carboxylic acids is 1. The molecule has 0 amide bonds. The zero-order valence-corrected chi connectivity index (χ0v) is 17.6. The van der Waals surface area contributed by atoms with Crippen LogP contribution in [0.5, 0.6) is 0 Å². The molecule has 7 nitrogen and oxygen atoms in total. The summed E-state index contributed by atoms with van der Waals surface area (Å²) in [6.07, 6.45) is 0.713. The first-order chi connectivity index (χ1) is 12.7. The summed E-state index contributed by atoms with van der Waals surface area (Å²) in [4.78, 5) is 13.2. The minimum atomic E-state index is -3.71. The third kappa shape index (κ3) is 5.25. The van der Waals surface area contributed by atoms with Gasteiger partial charge in [0.05, 0.1) is 17.6 Å². The number of carbonyl (C=O) groups is 1. The smallest absolute Gasteiger partial charge is 0.341 e. The average molecular weight is 428 g/mol. The molecule has 0 spiro atoms. The predicted octanol–water partition coefficient (Wildman–Crippen LogP) is 2.54. The van der Waals surface area contributed by atoms with Gasteiger partial charge in [0.1, 0.15) is 5.00 Å². The van der Waals surface area contributed by atoms with E-state index in [2.05, 4.69) is 10.6 Å². The van der Waals surface area contributed by atoms with Gasteiger partial charge >= 0.3 is 5.97 Å². The van der Waals surface area contributed by atoms with Gasteiger partial charge in [-0.15, -0.1) is 11.3 Å². The van der Waals surface area contributed by atoms with Crippen molar-refractivity contribution < 1.29 is 17.9 Å². The number of thiophene rings is 1. The molecule has 0 atom stereocenters. The van der Waals surface area contributed by atoms with Gasteiger partial charge in [-0.1, -0.05) is 19.1 Å². The largest absolute Gasteiger partial charge is 0.465 e. The van der Waals surface area contributed by atoms with Crippen LogP contribution >= 0.6 is 23.6 Å². The van der Waals surface area contributed by atoms with Crippen LogP contribution in [0.25, 0.3) is 0 Å². The van der Waals surface area contributed by atoms with Crippen molar-refractivity contribution in [3.8, 4) is 0 Å². The molecule has 1 aromatic heterocycles. The van der Waals surface area contributed by atoms with Crippen molar-refractivity contribution in [1.82, 2.24) is 5.32 Å². The number of nitrogens with two attached hydrogens (primary N) is 1. The Kier molecular flexibility index (Phi) is 6.93. The van der Waals surface area contributed by atoms with Gasteiger partial charge in [-0.3, -0.25) is 0 Å². The monoisotopic (exact) mass is 427 g/mol. The molecule has 146 valence electrons. The maximum absolute atomic E-state index is 12.1. The number of anilines is 1. The van der Waals surface area contributed by atoms with E-state index in [-0.39, 0.29) is 4.90 Å². The van der Waals surface area contributed by atoms with E-state index in [0.717, 1.165) is 16.0 Å². The molecule has 2 aromatic rings. The van der Waals surface area contributed by atoms with E-state index >= 15 is 0 Å². The van der Waals surface area contributed by atoms with Gasteiger partial charge in [0.2, 0.25) is 10.0 Å². The van der Waals surface area contributed by atoms with Crippen molar-refractivity contribution in [2.45, 2.75) is 31.7 Å².